The van der Waals surface area contributed by atoms with Gasteiger partial charge in [-0.05, 0) is 42.6 Å². The summed E-state index contributed by atoms with van der Waals surface area (Å²) in [5.41, 5.74) is 0.355. The number of Topliss-reactive ketones (excluding diaryl/α,β-unsaturated/α-hetero) is 1. The molecular weight excluding hydrogens is 324 g/mol. The molecule has 110 valence electrons. The summed E-state index contributed by atoms with van der Waals surface area (Å²) in [6.45, 7) is 4.49. The highest BCUT2D eigenvalue weighted by molar-refractivity contribution is 9.10. The Morgan fingerprint density at radius 3 is 2.75 bits per heavy atom. The van der Waals surface area contributed by atoms with Crippen LogP contribution >= 0.6 is 15.9 Å². The van der Waals surface area contributed by atoms with Gasteiger partial charge in [0.25, 0.3) is 0 Å². The molecule has 1 aliphatic rings. The van der Waals surface area contributed by atoms with E-state index in [1.807, 2.05) is 13.8 Å². The van der Waals surface area contributed by atoms with E-state index in [2.05, 4.69) is 21.0 Å². The van der Waals surface area contributed by atoms with Crippen molar-refractivity contribution in [3.8, 4) is 0 Å². The number of hydrogen-bond acceptors (Lipinski definition) is 3. The summed E-state index contributed by atoms with van der Waals surface area (Å²) in [6, 6.07) is 0. The first kappa shape index (κ1) is 15.2. The molecule has 2 rings (SSSR count). The van der Waals surface area contributed by atoms with Crippen LogP contribution in [0.2, 0.25) is 0 Å². The van der Waals surface area contributed by atoms with Gasteiger partial charge in [-0.3, -0.25) is 14.3 Å². The molecule has 1 unspecified atom stereocenters. The largest absolute Gasteiger partial charge is 0.480 e. The number of hydrogen-bond donors (Lipinski definition) is 1. The molecule has 5 nitrogen and oxygen atoms in total. The summed E-state index contributed by atoms with van der Waals surface area (Å²) in [7, 11) is 0. The van der Waals surface area contributed by atoms with Gasteiger partial charge in [-0.15, -0.1) is 0 Å². The second kappa shape index (κ2) is 5.68. The molecule has 1 atom stereocenters. The number of nitrogens with zero attached hydrogens (tertiary/aromatic N) is 2. The summed E-state index contributed by atoms with van der Waals surface area (Å²) in [5, 5.41) is 14.0. The van der Waals surface area contributed by atoms with Gasteiger partial charge in [0.15, 0.2) is 5.78 Å². The Hall–Kier alpha value is -1.17. The molecule has 0 amide bonds. The molecule has 1 saturated carbocycles. The van der Waals surface area contributed by atoms with Crippen molar-refractivity contribution < 1.29 is 14.7 Å². The van der Waals surface area contributed by atoms with Crippen LogP contribution in [0.15, 0.2) is 4.47 Å². The lowest BCUT2D eigenvalue weighted by molar-refractivity contribution is -0.157. The van der Waals surface area contributed by atoms with E-state index in [-0.39, 0.29) is 12.2 Å². The summed E-state index contributed by atoms with van der Waals surface area (Å²) >= 11 is 3.47. The van der Waals surface area contributed by atoms with E-state index >= 15 is 0 Å². The summed E-state index contributed by atoms with van der Waals surface area (Å²) in [6.07, 6.45) is 2.58. The van der Waals surface area contributed by atoms with Gasteiger partial charge in [0.2, 0.25) is 0 Å². The quantitative estimate of drug-likeness (QED) is 0.854. The maximum absolute atomic E-state index is 12.3. The van der Waals surface area contributed by atoms with E-state index in [9.17, 15) is 14.7 Å². The fourth-order valence-electron chi connectivity index (χ4n) is 2.90. The average molecular weight is 343 g/mol. The Bertz CT molecular complexity index is 553. The lowest BCUT2D eigenvalue weighted by Crippen LogP contribution is -2.44. The molecule has 1 aliphatic carbocycles. The van der Waals surface area contributed by atoms with Crippen molar-refractivity contribution in [1.82, 2.24) is 9.78 Å². The standard InChI is InChI=1S/C14H19BrN2O3/c1-3-17-10(12(15)9(2)16-17)8-14(13(19)20)7-5-4-6-11(14)18/h3-8H2,1-2H3,(H,19,20). The molecule has 1 N–H and O–H groups in total. The topological polar surface area (TPSA) is 72.2 Å². The van der Waals surface area contributed by atoms with Gasteiger partial charge in [0.1, 0.15) is 5.41 Å². The molecule has 0 aromatic carbocycles. The van der Waals surface area contributed by atoms with Gasteiger partial charge in [-0.2, -0.15) is 5.10 Å². The van der Waals surface area contributed by atoms with Crippen molar-refractivity contribution in [2.75, 3.05) is 0 Å². The molecule has 0 spiro atoms. The van der Waals surface area contributed by atoms with E-state index in [0.29, 0.717) is 19.4 Å². The number of carboxylic acid groups (broad SMARTS) is 1. The van der Waals surface area contributed by atoms with Gasteiger partial charge < -0.3 is 5.11 Å². The summed E-state index contributed by atoms with van der Waals surface area (Å²) in [5.74, 6) is -1.15. The van der Waals surface area contributed by atoms with Crippen LogP contribution in [-0.2, 0) is 22.6 Å². The molecular formula is C14H19BrN2O3. The molecule has 0 aliphatic heterocycles. The molecule has 1 aromatic rings. The first-order valence-corrected chi connectivity index (χ1v) is 7.70. The smallest absolute Gasteiger partial charge is 0.317 e. The van der Waals surface area contributed by atoms with E-state index < -0.39 is 11.4 Å². The van der Waals surface area contributed by atoms with Crippen LogP contribution in [0.5, 0.6) is 0 Å². The molecule has 1 fully saturated rings. The third-order valence-electron chi connectivity index (χ3n) is 4.12. The minimum atomic E-state index is -1.28. The first-order chi connectivity index (χ1) is 9.42. The van der Waals surface area contributed by atoms with Gasteiger partial charge in [0.05, 0.1) is 15.9 Å². The lowest BCUT2D eigenvalue weighted by Gasteiger charge is -2.31. The zero-order valence-corrected chi connectivity index (χ0v) is 13.4. The van der Waals surface area contributed by atoms with Gasteiger partial charge in [0, 0.05) is 19.4 Å². The minimum absolute atomic E-state index is 0.148. The number of aliphatic carboxylic acids is 1. The number of ketones is 1. The molecule has 20 heavy (non-hydrogen) atoms. The fraction of sp³-hybridized carbons (Fsp3) is 0.643. The van der Waals surface area contributed by atoms with Crippen LogP contribution in [0.25, 0.3) is 0 Å². The number of halogens is 1. The highest BCUT2D eigenvalue weighted by atomic mass is 79.9. The van der Waals surface area contributed by atoms with Crippen LogP contribution in [0, 0.1) is 12.3 Å². The third kappa shape index (κ3) is 2.41. The third-order valence-corrected chi connectivity index (χ3v) is 5.15. The number of carbonyl (C=O) groups is 2. The zero-order valence-electron chi connectivity index (χ0n) is 11.8. The van der Waals surface area contributed by atoms with Crippen LogP contribution in [-0.4, -0.2) is 26.6 Å². The zero-order chi connectivity index (χ0) is 14.9. The Morgan fingerprint density at radius 2 is 2.20 bits per heavy atom. The monoisotopic (exact) mass is 342 g/mol. The average Bonchev–Trinajstić information content (AvgIpc) is 2.68. The van der Waals surface area contributed by atoms with E-state index in [1.54, 1.807) is 4.68 Å². The number of aryl methyl sites for hydroxylation is 2. The second-order valence-electron chi connectivity index (χ2n) is 5.36. The summed E-state index contributed by atoms with van der Waals surface area (Å²) < 4.78 is 2.60. The van der Waals surface area contributed by atoms with Gasteiger partial charge in [-0.25, -0.2) is 0 Å². The second-order valence-corrected chi connectivity index (χ2v) is 6.15. The SMILES string of the molecule is CCn1nc(C)c(Br)c1CC1(C(=O)O)CCCCC1=O. The number of carbonyl (C=O) groups excluding carboxylic acids is 1. The van der Waals surface area contributed by atoms with Crippen molar-refractivity contribution in [2.45, 2.75) is 52.5 Å². The maximum Gasteiger partial charge on any atom is 0.317 e. The van der Waals surface area contributed by atoms with Crippen molar-refractivity contribution in [1.29, 1.82) is 0 Å². The van der Waals surface area contributed by atoms with Crippen LogP contribution < -0.4 is 0 Å². The Labute approximate surface area is 126 Å². The first-order valence-electron chi connectivity index (χ1n) is 6.91. The number of carboxylic acids is 1. The summed E-state index contributed by atoms with van der Waals surface area (Å²) in [4.78, 5) is 24.0. The van der Waals surface area contributed by atoms with E-state index in [4.69, 9.17) is 0 Å². The molecule has 6 heteroatoms. The molecule has 0 bridgehead atoms. The van der Waals surface area contributed by atoms with Crippen LogP contribution in [0.1, 0.15) is 44.0 Å². The van der Waals surface area contributed by atoms with Crippen LogP contribution in [0.3, 0.4) is 0 Å². The predicted molar refractivity (Wildman–Crippen MR) is 77.6 cm³/mol. The highest BCUT2D eigenvalue weighted by Crippen LogP contribution is 2.39. The van der Waals surface area contributed by atoms with Gasteiger partial charge in [-0.1, -0.05) is 6.42 Å². The molecule has 1 aromatic heterocycles. The molecule has 0 radical (unpaired) electrons. The Morgan fingerprint density at radius 1 is 1.50 bits per heavy atom. The fourth-order valence-corrected chi connectivity index (χ4v) is 3.33. The molecule has 0 saturated heterocycles. The Balaban J connectivity index is 2.43. The minimum Gasteiger partial charge on any atom is -0.480 e. The van der Waals surface area contributed by atoms with Crippen molar-refractivity contribution in [3.63, 3.8) is 0 Å². The molecule has 1 heterocycles. The maximum atomic E-state index is 12.3. The normalized spacial score (nSPS) is 23.1. The van der Waals surface area contributed by atoms with E-state index in [0.717, 1.165) is 28.7 Å². The van der Waals surface area contributed by atoms with E-state index in [1.165, 1.54) is 0 Å². The lowest BCUT2D eigenvalue weighted by atomic mass is 9.70. The van der Waals surface area contributed by atoms with Crippen molar-refractivity contribution >= 4 is 27.7 Å². The van der Waals surface area contributed by atoms with Gasteiger partial charge >= 0.3 is 5.97 Å². The van der Waals surface area contributed by atoms with Crippen molar-refractivity contribution in [2.24, 2.45) is 5.41 Å². The number of rotatable bonds is 4. The number of aromatic nitrogens is 2. The highest BCUT2D eigenvalue weighted by Gasteiger charge is 2.47. The Kier molecular flexibility index (Phi) is 4.32. The van der Waals surface area contributed by atoms with Crippen LogP contribution in [0.4, 0.5) is 0 Å². The van der Waals surface area contributed by atoms with Crippen molar-refractivity contribution in [3.05, 3.63) is 15.9 Å². The predicted octanol–water partition coefficient (Wildman–Crippen LogP) is 2.73.